The van der Waals surface area contributed by atoms with E-state index in [-0.39, 0.29) is 0 Å². The Balaban J connectivity index is 2.11. The van der Waals surface area contributed by atoms with Crippen molar-refractivity contribution < 1.29 is 9.84 Å². The second kappa shape index (κ2) is 4.99. The molecule has 0 aliphatic heterocycles. The summed E-state index contributed by atoms with van der Waals surface area (Å²) in [6, 6.07) is 11.6. The molecule has 1 unspecified atom stereocenters. The van der Waals surface area contributed by atoms with Crippen molar-refractivity contribution in [3.63, 3.8) is 0 Å². The molecule has 0 aliphatic carbocycles. The third-order valence-corrected chi connectivity index (χ3v) is 4.07. The zero-order valence-electron chi connectivity index (χ0n) is 10.4. The molecule has 1 N–H and O–H groups in total. The fraction of sp³-hybridized carbons (Fsp3) is 0.133. The highest BCUT2D eigenvalue weighted by Gasteiger charge is 2.19. The number of benzene rings is 1. The van der Waals surface area contributed by atoms with E-state index < -0.39 is 6.10 Å². The predicted molar refractivity (Wildman–Crippen MR) is 76.7 cm³/mol. The maximum absolute atomic E-state index is 10.6. The van der Waals surface area contributed by atoms with Crippen LogP contribution in [0.4, 0.5) is 0 Å². The molecule has 96 valence electrons. The summed E-state index contributed by atoms with van der Waals surface area (Å²) in [6.07, 6.45) is 0.891. The summed E-state index contributed by atoms with van der Waals surface area (Å²) in [5.74, 6) is 0.602. The number of aliphatic hydroxyl groups excluding tert-OH is 1. The molecule has 2 heterocycles. The number of nitrogens with zero attached hydrogens (tertiary/aromatic N) is 1. The number of methoxy groups -OCH3 is 1. The summed E-state index contributed by atoms with van der Waals surface area (Å²) < 4.78 is 6.42. The topological polar surface area (TPSA) is 42.4 Å². The maximum atomic E-state index is 10.6. The van der Waals surface area contributed by atoms with E-state index in [9.17, 15) is 5.11 Å². The number of rotatable bonds is 3. The number of hydrogen-bond donors (Lipinski definition) is 1. The highest BCUT2D eigenvalue weighted by atomic mass is 32.1. The summed E-state index contributed by atoms with van der Waals surface area (Å²) in [5.41, 5.74) is 1.42. The first kappa shape index (κ1) is 12.1. The van der Waals surface area contributed by atoms with Gasteiger partial charge in [0.05, 0.1) is 7.11 Å². The highest BCUT2D eigenvalue weighted by Crippen LogP contribution is 2.35. The van der Waals surface area contributed by atoms with Crippen LogP contribution in [0.3, 0.4) is 0 Å². The quantitative estimate of drug-likeness (QED) is 0.794. The van der Waals surface area contributed by atoms with Crippen LogP contribution in [0.2, 0.25) is 0 Å². The van der Waals surface area contributed by atoms with E-state index in [2.05, 4.69) is 4.98 Å². The fourth-order valence-electron chi connectivity index (χ4n) is 2.14. The number of fused-ring (bicyclic) bond motifs is 1. The molecule has 0 saturated heterocycles. The van der Waals surface area contributed by atoms with Crippen molar-refractivity contribution >= 4 is 21.4 Å². The lowest BCUT2D eigenvalue weighted by Gasteiger charge is -2.13. The lowest BCUT2D eigenvalue weighted by atomic mass is 10.0. The monoisotopic (exact) mass is 271 g/mol. The number of thiophene rings is 1. The van der Waals surface area contributed by atoms with E-state index in [4.69, 9.17) is 4.74 Å². The summed E-state index contributed by atoms with van der Waals surface area (Å²) in [5, 5.41) is 13.6. The van der Waals surface area contributed by atoms with Crippen molar-refractivity contribution in [3.05, 3.63) is 59.2 Å². The number of pyridine rings is 1. The third-order valence-electron chi connectivity index (χ3n) is 3.08. The molecule has 2 aromatic heterocycles. The first-order valence-electron chi connectivity index (χ1n) is 5.94. The lowest BCUT2D eigenvalue weighted by Crippen LogP contribution is -2.04. The van der Waals surface area contributed by atoms with Gasteiger partial charge in [-0.2, -0.15) is 0 Å². The van der Waals surface area contributed by atoms with Crippen LogP contribution in [0.5, 0.6) is 5.75 Å². The first-order valence-corrected chi connectivity index (χ1v) is 6.82. The Hall–Kier alpha value is -1.91. The maximum Gasteiger partial charge on any atom is 0.143 e. The van der Waals surface area contributed by atoms with Gasteiger partial charge in [0.1, 0.15) is 17.5 Å². The molecule has 0 bridgehead atoms. The highest BCUT2D eigenvalue weighted by molar-refractivity contribution is 7.17. The molecule has 4 heteroatoms. The zero-order chi connectivity index (χ0) is 13.2. The SMILES string of the molecule is COc1cccnc1C(O)c1csc2ccccc12. The molecule has 0 saturated carbocycles. The van der Waals surface area contributed by atoms with E-state index in [1.165, 1.54) is 0 Å². The zero-order valence-corrected chi connectivity index (χ0v) is 11.2. The fourth-order valence-corrected chi connectivity index (χ4v) is 3.12. The van der Waals surface area contributed by atoms with Crippen LogP contribution in [0.1, 0.15) is 17.4 Å². The Bertz CT molecular complexity index is 708. The van der Waals surface area contributed by atoms with Gasteiger partial charge in [0.2, 0.25) is 0 Å². The first-order chi connectivity index (χ1) is 9.31. The molecule has 0 fully saturated rings. The molecule has 0 spiro atoms. The Morgan fingerprint density at radius 3 is 2.89 bits per heavy atom. The second-order valence-corrected chi connectivity index (χ2v) is 5.09. The number of aliphatic hydroxyl groups is 1. The Labute approximate surface area is 115 Å². The summed E-state index contributed by atoms with van der Waals surface area (Å²) >= 11 is 1.62. The van der Waals surface area contributed by atoms with Crippen molar-refractivity contribution in [1.82, 2.24) is 4.98 Å². The molecule has 0 amide bonds. The largest absolute Gasteiger partial charge is 0.495 e. The van der Waals surface area contributed by atoms with Crippen LogP contribution in [0.15, 0.2) is 48.0 Å². The van der Waals surface area contributed by atoms with Gasteiger partial charge in [0, 0.05) is 16.5 Å². The number of ether oxygens (including phenoxy) is 1. The minimum absolute atomic E-state index is 0.550. The Morgan fingerprint density at radius 1 is 1.21 bits per heavy atom. The van der Waals surface area contributed by atoms with Crippen molar-refractivity contribution in [3.8, 4) is 5.75 Å². The van der Waals surface area contributed by atoms with E-state index in [1.807, 2.05) is 29.6 Å². The van der Waals surface area contributed by atoms with Gasteiger partial charge in [-0.25, -0.2) is 0 Å². The normalized spacial score (nSPS) is 12.5. The standard InChI is InChI=1S/C15H13NO2S/c1-18-12-6-4-8-16-14(12)15(17)11-9-19-13-7-3-2-5-10(11)13/h2-9,15,17H,1H3. The molecule has 0 radical (unpaired) electrons. The molecule has 0 aliphatic rings. The number of hydrogen-bond acceptors (Lipinski definition) is 4. The average molecular weight is 271 g/mol. The van der Waals surface area contributed by atoms with Gasteiger partial charge in [-0.3, -0.25) is 4.98 Å². The molecule has 1 atom stereocenters. The molecule has 1 aromatic carbocycles. The molecule has 3 aromatic rings. The number of aromatic nitrogens is 1. The summed E-state index contributed by atoms with van der Waals surface area (Å²) in [7, 11) is 1.58. The van der Waals surface area contributed by atoms with Crippen LogP contribution in [0, 0.1) is 0 Å². The Kier molecular flexibility index (Phi) is 3.19. The average Bonchev–Trinajstić information content (AvgIpc) is 2.90. The van der Waals surface area contributed by atoms with Gasteiger partial charge < -0.3 is 9.84 Å². The van der Waals surface area contributed by atoms with Gasteiger partial charge in [0.15, 0.2) is 0 Å². The van der Waals surface area contributed by atoms with Crippen molar-refractivity contribution in [2.24, 2.45) is 0 Å². The van der Waals surface area contributed by atoms with Gasteiger partial charge >= 0.3 is 0 Å². The molecular formula is C15H13NO2S. The summed E-state index contributed by atoms with van der Waals surface area (Å²) in [6.45, 7) is 0. The minimum atomic E-state index is -0.771. The van der Waals surface area contributed by atoms with Crippen LogP contribution < -0.4 is 4.74 Å². The van der Waals surface area contributed by atoms with Crippen LogP contribution in [0.25, 0.3) is 10.1 Å². The van der Waals surface area contributed by atoms with Crippen molar-refractivity contribution in [1.29, 1.82) is 0 Å². The predicted octanol–water partition coefficient (Wildman–Crippen LogP) is 3.39. The molecule has 19 heavy (non-hydrogen) atoms. The van der Waals surface area contributed by atoms with E-state index >= 15 is 0 Å². The van der Waals surface area contributed by atoms with Crippen molar-refractivity contribution in [2.75, 3.05) is 7.11 Å². The van der Waals surface area contributed by atoms with Crippen LogP contribution in [-0.4, -0.2) is 17.2 Å². The van der Waals surface area contributed by atoms with E-state index in [0.29, 0.717) is 11.4 Å². The lowest BCUT2D eigenvalue weighted by molar-refractivity contribution is 0.211. The molecule has 3 rings (SSSR count). The smallest absolute Gasteiger partial charge is 0.143 e. The third kappa shape index (κ3) is 2.09. The van der Waals surface area contributed by atoms with Crippen LogP contribution >= 0.6 is 11.3 Å². The van der Waals surface area contributed by atoms with Gasteiger partial charge in [-0.05, 0) is 29.0 Å². The van der Waals surface area contributed by atoms with Gasteiger partial charge in [-0.1, -0.05) is 18.2 Å². The molecular weight excluding hydrogens is 258 g/mol. The minimum Gasteiger partial charge on any atom is -0.495 e. The van der Waals surface area contributed by atoms with Crippen molar-refractivity contribution in [2.45, 2.75) is 6.10 Å². The molecule has 3 nitrogen and oxygen atoms in total. The van der Waals surface area contributed by atoms with E-state index in [1.54, 1.807) is 36.8 Å². The van der Waals surface area contributed by atoms with Gasteiger partial charge in [0.25, 0.3) is 0 Å². The van der Waals surface area contributed by atoms with Crippen LogP contribution in [-0.2, 0) is 0 Å². The second-order valence-electron chi connectivity index (χ2n) is 4.18. The summed E-state index contributed by atoms with van der Waals surface area (Å²) in [4.78, 5) is 4.24. The Morgan fingerprint density at radius 2 is 2.05 bits per heavy atom. The van der Waals surface area contributed by atoms with E-state index in [0.717, 1.165) is 15.6 Å². The van der Waals surface area contributed by atoms with Gasteiger partial charge in [-0.15, -0.1) is 11.3 Å².